The van der Waals surface area contributed by atoms with Crippen molar-refractivity contribution in [2.24, 2.45) is 0 Å². The predicted molar refractivity (Wildman–Crippen MR) is 109 cm³/mol. The lowest BCUT2D eigenvalue weighted by Gasteiger charge is -2.05. The van der Waals surface area contributed by atoms with Crippen molar-refractivity contribution < 1.29 is 22.4 Å². The lowest BCUT2D eigenvalue weighted by atomic mass is 10.1. The van der Waals surface area contributed by atoms with Crippen LogP contribution in [0.25, 0.3) is 11.3 Å². The number of anilines is 2. The van der Waals surface area contributed by atoms with Crippen LogP contribution in [0, 0.1) is 5.82 Å². The molecule has 0 saturated heterocycles. The molecule has 29 heavy (non-hydrogen) atoms. The van der Waals surface area contributed by atoms with E-state index in [-0.39, 0.29) is 27.1 Å². The minimum Gasteiger partial charge on any atom is -0.326 e. The number of halogens is 1. The number of hydrogen-bond donors (Lipinski definition) is 2. The highest BCUT2D eigenvalue weighted by Gasteiger charge is 2.15. The smallest absolute Gasteiger partial charge is 0.257 e. The van der Waals surface area contributed by atoms with E-state index in [0.29, 0.717) is 11.4 Å². The number of amides is 2. The van der Waals surface area contributed by atoms with Crippen molar-refractivity contribution in [2.75, 3.05) is 16.9 Å². The fraction of sp³-hybridized carbons (Fsp3) is 0.105. The number of benzene rings is 2. The summed E-state index contributed by atoms with van der Waals surface area (Å²) >= 11 is 1.10. The van der Waals surface area contributed by atoms with Gasteiger partial charge >= 0.3 is 0 Å². The number of carbonyl (C=O) groups is 2. The van der Waals surface area contributed by atoms with Gasteiger partial charge in [0.2, 0.25) is 5.91 Å². The van der Waals surface area contributed by atoms with Gasteiger partial charge in [0.25, 0.3) is 5.91 Å². The van der Waals surface area contributed by atoms with Gasteiger partial charge in [0.15, 0.2) is 15.0 Å². The van der Waals surface area contributed by atoms with Gasteiger partial charge in [-0.05, 0) is 36.4 Å². The van der Waals surface area contributed by atoms with E-state index in [1.165, 1.54) is 43.3 Å². The summed E-state index contributed by atoms with van der Waals surface area (Å²) in [5.41, 5.74) is 1.03. The molecule has 2 amide bonds. The zero-order valence-electron chi connectivity index (χ0n) is 15.4. The molecule has 0 aliphatic heterocycles. The van der Waals surface area contributed by atoms with Gasteiger partial charge in [-0.15, -0.1) is 11.3 Å². The second-order valence-electron chi connectivity index (χ2n) is 6.17. The molecule has 1 heterocycles. The predicted octanol–water partition coefficient (Wildman–Crippen LogP) is 3.56. The maximum absolute atomic E-state index is 14.3. The van der Waals surface area contributed by atoms with Crippen LogP contribution in [0.15, 0.2) is 52.7 Å². The van der Waals surface area contributed by atoms with Crippen LogP contribution in [0.5, 0.6) is 0 Å². The molecule has 0 spiro atoms. The molecule has 0 fully saturated rings. The fourth-order valence-electron chi connectivity index (χ4n) is 2.50. The fourth-order valence-corrected chi connectivity index (χ4v) is 3.87. The normalized spacial score (nSPS) is 11.1. The Morgan fingerprint density at radius 1 is 1.10 bits per heavy atom. The molecule has 0 saturated carbocycles. The maximum Gasteiger partial charge on any atom is 0.257 e. The van der Waals surface area contributed by atoms with Crippen molar-refractivity contribution >= 4 is 43.8 Å². The van der Waals surface area contributed by atoms with Crippen molar-refractivity contribution in [3.8, 4) is 11.3 Å². The first-order valence-electron chi connectivity index (χ1n) is 8.28. The summed E-state index contributed by atoms with van der Waals surface area (Å²) in [6, 6.07) is 9.86. The Bertz CT molecular complexity index is 1210. The first kappa shape index (κ1) is 20.6. The lowest BCUT2D eigenvalue weighted by Crippen LogP contribution is -2.12. The first-order valence-corrected chi connectivity index (χ1v) is 11.0. The molecule has 7 nitrogen and oxygen atoms in total. The monoisotopic (exact) mass is 433 g/mol. The molecule has 150 valence electrons. The summed E-state index contributed by atoms with van der Waals surface area (Å²) in [4.78, 5) is 27.7. The lowest BCUT2D eigenvalue weighted by molar-refractivity contribution is -0.114. The van der Waals surface area contributed by atoms with Crippen LogP contribution in [0.4, 0.5) is 15.2 Å². The highest BCUT2D eigenvalue weighted by molar-refractivity contribution is 7.90. The number of aromatic nitrogens is 1. The Hall–Kier alpha value is -3.11. The van der Waals surface area contributed by atoms with E-state index in [1.54, 1.807) is 11.4 Å². The van der Waals surface area contributed by atoms with Gasteiger partial charge in [-0.25, -0.2) is 17.8 Å². The second-order valence-corrected chi connectivity index (χ2v) is 9.04. The van der Waals surface area contributed by atoms with E-state index in [0.717, 1.165) is 17.6 Å². The molecule has 0 atom stereocenters. The number of thiazole rings is 1. The van der Waals surface area contributed by atoms with Crippen LogP contribution in [-0.2, 0) is 14.6 Å². The molecule has 10 heteroatoms. The second kappa shape index (κ2) is 8.10. The van der Waals surface area contributed by atoms with Crippen LogP contribution >= 0.6 is 11.3 Å². The average Bonchev–Trinajstić information content (AvgIpc) is 3.09. The number of nitrogens with zero attached hydrogens (tertiary/aromatic N) is 1. The highest BCUT2D eigenvalue weighted by Crippen LogP contribution is 2.29. The Labute approximate surface area is 170 Å². The zero-order valence-corrected chi connectivity index (χ0v) is 17.0. The molecule has 1 aromatic heterocycles. The molecule has 0 aliphatic rings. The maximum atomic E-state index is 14.3. The molecule has 2 aromatic carbocycles. The van der Waals surface area contributed by atoms with Gasteiger partial charge < -0.3 is 5.32 Å². The minimum absolute atomic E-state index is 0.0336. The molecule has 2 N–H and O–H groups in total. The van der Waals surface area contributed by atoms with E-state index >= 15 is 0 Å². The molecular weight excluding hydrogens is 417 g/mol. The van der Waals surface area contributed by atoms with E-state index in [4.69, 9.17) is 0 Å². The summed E-state index contributed by atoms with van der Waals surface area (Å²) in [5.74, 6) is -1.41. The van der Waals surface area contributed by atoms with Crippen molar-refractivity contribution in [3.05, 3.63) is 59.2 Å². The molecule has 0 aliphatic carbocycles. The van der Waals surface area contributed by atoms with Crippen LogP contribution in [0.3, 0.4) is 0 Å². The molecule has 3 aromatic rings. The number of sulfone groups is 1. The summed E-state index contributed by atoms with van der Waals surface area (Å²) < 4.78 is 37.6. The number of rotatable bonds is 5. The van der Waals surface area contributed by atoms with Gasteiger partial charge in [-0.1, -0.05) is 6.07 Å². The SMILES string of the molecule is CC(=O)Nc1ccc(-c2csc(NC(=O)c3cccc(S(C)(=O)=O)c3)n2)c(F)c1. The largest absolute Gasteiger partial charge is 0.326 e. The topological polar surface area (TPSA) is 105 Å². The Morgan fingerprint density at radius 3 is 2.52 bits per heavy atom. The molecule has 0 unspecified atom stereocenters. The molecule has 3 rings (SSSR count). The third-order valence-corrected chi connectivity index (χ3v) is 5.68. The van der Waals surface area contributed by atoms with Crippen LogP contribution in [0.2, 0.25) is 0 Å². The van der Waals surface area contributed by atoms with Gasteiger partial charge in [0, 0.05) is 35.4 Å². The zero-order chi connectivity index (χ0) is 21.2. The molecular formula is C19H16FN3O4S2. The quantitative estimate of drug-likeness (QED) is 0.640. The van der Waals surface area contributed by atoms with Gasteiger partial charge in [0.1, 0.15) is 5.82 Å². The van der Waals surface area contributed by atoms with Crippen LogP contribution in [0.1, 0.15) is 17.3 Å². The van der Waals surface area contributed by atoms with E-state index in [2.05, 4.69) is 15.6 Å². The highest BCUT2D eigenvalue weighted by atomic mass is 32.2. The van der Waals surface area contributed by atoms with E-state index in [1.807, 2.05) is 0 Å². The standard InChI is InChI=1S/C19H16FN3O4S2/c1-11(24)21-13-6-7-15(16(20)9-13)17-10-28-19(22-17)23-18(25)12-4-3-5-14(8-12)29(2,26)27/h3-10H,1-2H3,(H,21,24)(H,22,23,25). The molecule has 0 radical (unpaired) electrons. The number of hydrogen-bond acceptors (Lipinski definition) is 6. The Balaban J connectivity index is 1.79. The number of carbonyl (C=O) groups excluding carboxylic acids is 2. The van der Waals surface area contributed by atoms with Crippen LogP contribution in [-0.4, -0.2) is 31.5 Å². The van der Waals surface area contributed by atoms with Gasteiger partial charge in [-0.3, -0.25) is 14.9 Å². The summed E-state index contributed by atoms with van der Waals surface area (Å²) in [7, 11) is -3.44. The molecule has 0 bridgehead atoms. The van der Waals surface area contributed by atoms with Crippen molar-refractivity contribution in [1.29, 1.82) is 0 Å². The van der Waals surface area contributed by atoms with Gasteiger partial charge in [0.05, 0.1) is 10.6 Å². The van der Waals surface area contributed by atoms with E-state index < -0.39 is 21.6 Å². The van der Waals surface area contributed by atoms with Gasteiger partial charge in [-0.2, -0.15) is 0 Å². The number of nitrogens with one attached hydrogen (secondary N) is 2. The minimum atomic E-state index is -3.44. The summed E-state index contributed by atoms with van der Waals surface area (Å²) in [6.07, 6.45) is 1.06. The van der Waals surface area contributed by atoms with Crippen molar-refractivity contribution in [1.82, 2.24) is 4.98 Å². The Kier molecular flexibility index (Phi) is 5.76. The van der Waals surface area contributed by atoms with E-state index in [9.17, 15) is 22.4 Å². The van der Waals surface area contributed by atoms with Crippen molar-refractivity contribution in [2.45, 2.75) is 11.8 Å². The third kappa shape index (κ3) is 5.04. The Morgan fingerprint density at radius 2 is 1.86 bits per heavy atom. The first-order chi connectivity index (χ1) is 13.6. The summed E-state index contributed by atoms with van der Waals surface area (Å²) in [6.45, 7) is 1.33. The average molecular weight is 433 g/mol. The third-order valence-electron chi connectivity index (χ3n) is 3.81. The van der Waals surface area contributed by atoms with Crippen molar-refractivity contribution in [3.63, 3.8) is 0 Å². The summed E-state index contributed by atoms with van der Waals surface area (Å²) in [5, 5.41) is 6.89. The van der Waals surface area contributed by atoms with Crippen LogP contribution < -0.4 is 10.6 Å².